The number of ketones is 1. The fourth-order valence-electron chi connectivity index (χ4n) is 2.24. The minimum Gasteiger partial charge on any atom is -0.453 e. The molecule has 3 aromatic rings. The van der Waals surface area contributed by atoms with Gasteiger partial charge in [-0.15, -0.1) is 0 Å². The average molecular weight is 347 g/mol. The van der Waals surface area contributed by atoms with E-state index in [1.54, 1.807) is 18.2 Å². The van der Waals surface area contributed by atoms with Crippen LogP contribution in [-0.2, 0) is 6.42 Å². The maximum Gasteiger partial charge on any atom is 0.202 e. The number of furan rings is 1. The first-order chi connectivity index (χ1) is 10.0. The van der Waals surface area contributed by atoms with Crippen LogP contribution in [0, 0.1) is 12.7 Å². The zero-order valence-electron chi connectivity index (χ0n) is 11.3. The van der Waals surface area contributed by atoms with Crippen LogP contribution in [0.25, 0.3) is 11.0 Å². The zero-order valence-corrected chi connectivity index (χ0v) is 12.9. The van der Waals surface area contributed by atoms with E-state index < -0.39 is 5.82 Å². The Labute approximate surface area is 129 Å². The van der Waals surface area contributed by atoms with Crippen LogP contribution in [0.3, 0.4) is 0 Å². The Hall–Kier alpha value is -1.94. The molecule has 0 bridgehead atoms. The van der Waals surface area contributed by atoms with Crippen LogP contribution < -0.4 is 0 Å². The lowest BCUT2D eigenvalue weighted by Gasteiger charge is -2.01. The number of hydrogen-bond acceptors (Lipinski definition) is 2. The summed E-state index contributed by atoms with van der Waals surface area (Å²) in [5, 5.41) is 0.882. The molecule has 0 N–H and O–H groups in total. The molecule has 106 valence electrons. The minimum atomic E-state index is -0.390. The summed E-state index contributed by atoms with van der Waals surface area (Å²) in [6, 6.07) is 12.0. The second kappa shape index (κ2) is 5.45. The predicted molar refractivity (Wildman–Crippen MR) is 83.1 cm³/mol. The molecular formula is C17H12BrFO2. The van der Waals surface area contributed by atoms with Gasteiger partial charge < -0.3 is 4.42 Å². The molecule has 3 rings (SSSR count). The molecule has 0 aliphatic heterocycles. The summed E-state index contributed by atoms with van der Waals surface area (Å²) in [6.45, 7) is 1.98. The SMILES string of the molecule is Cc1ccc2oc(C(=O)Cc3cc(Br)ccc3F)cc2c1. The Morgan fingerprint density at radius 3 is 2.81 bits per heavy atom. The molecule has 1 heterocycles. The number of halogens is 2. The number of aryl methyl sites for hydroxylation is 1. The highest BCUT2D eigenvalue weighted by molar-refractivity contribution is 9.10. The van der Waals surface area contributed by atoms with Gasteiger partial charge in [-0.2, -0.15) is 0 Å². The van der Waals surface area contributed by atoms with Crippen molar-refractivity contribution in [3.8, 4) is 0 Å². The van der Waals surface area contributed by atoms with E-state index in [2.05, 4.69) is 15.9 Å². The fourth-order valence-corrected chi connectivity index (χ4v) is 2.65. The number of fused-ring (bicyclic) bond motifs is 1. The van der Waals surface area contributed by atoms with Gasteiger partial charge in [0.2, 0.25) is 5.78 Å². The highest BCUT2D eigenvalue weighted by Crippen LogP contribution is 2.23. The van der Waals surface area contributed by atoms with Gasteiger partial charge in [-0.3, -0.25) is 4.79 Å². The maximum atomic E-state index is 13.7. The molecule has 0 aliphatic rings. The molecule has 1 aromatic heterocycles. The summed E-state index contributed by atoms with van der Waals surface area (Å²) in [5.74, 6) is -0.366. The molecule has 0 aliphatic carbocycles. The topological polar surface area (TPSA) is 30.2 Å². The number of rotatable bonds is 3. The second-order valence-corrected chi connectivity index (χ2v) is 5.90. The van der Waals surface area contributed by atoms with E-state index in [-0.39, 0.29) is 18.0 Å². The maximum absolute atomic E-state index is 13.7. The number of carbonyl (C=O) groups is 1. The van der Waals surface area contributed by atoms with Crippen molar-refractivity contribution in [3.05, 3.63) is 69.6 Å². The van der Waals surface area contributed by atoms with Gasteiger partial charge in [0.25, 0.3) is 0 Å². The smallest absolute Gasteiger partial charge is 0.202 e. The van der Waals surface area contributed by atoms with E-state index in [9.17, 15) is 9.18 Å². The van der Waals surface area contributed by atoms with Crippen LogP contribution in [-0.4, -0.2) is 5.78 Å². The van der Waals surface area contributed by atoms with Crippen molar-refractivity contribution in [3.63, 3.8) is 0 Å². The molecule has 0 fully saturated rings. The van der Waals surface area contributed by atoms with E-state index in [1.807, 2.05) is 25.1 Å². The fraction of sp³-hybridized carbons (Fsp3) is 0.118. The van der Waals surface area contributed by atoms with Crippen molar-refractivity contribution < 1.29 is 13.6 Å². The molecule has 0 atom stereocenters. The van der Waals surface area contributed by atoms with Crippen molar-refractivity contribution >= 4 is 32.7 Å². The van der Waals surface area contributed by atoms with Crippen LogP contribution in [0.2, 0.25) is 0 Å². The highest BCUT2D eigenvalue weighted by Gasteiger charge is 2.15. The standard InChI is InChI=1S/C17H12BrFO2/c1-10-2-5-16-12(6-10)9-17(21-16)15(20)8-11-7-13(18)3-4-14(11)19/h2-7,9H,8H2,1H3. The van der Waals surface area contributed by atoms with Crippen LogP contribution in [0.5, 0.6) is 0 Å². The first-order valence-electron chi connectivity index (χ1n) is 6.50. The molecule has 0 spiro atoms. The number of carbonyl (C=O) groups excluding carboxylic acids is 1. The lowest BCUT2D eigenvalue weighted by atomic mass is 10.1. The van der Waals surface area contributed by atoms with Crippen LogP contribution in [0.15, 0.2) is 51.4 Å². The third-order valence-electron chi connectivity index (χ3n) is 3.31. The van der Waals surface area contributed by atoms with Gasteiger partial charge in [0.05, 0.1) is 0 Å². The van der Waals surface area contributed by atoms with E-state index >= 15 is 0 Å². The molecule has 2 nitrogen and oxygen atoms in total. The summed E-state index contributed by atoms with van der Waals surface area (Å²) in [4.78, 5) is 12.3. The summed E-state index contributed by atoms with van der Waals surface area (Å²) >= 11 is 3.28. The van der Waals surface area contributed by atoms with Gasteiger partial charge in [0.15, 0.2) is 5.76 Å². The van der Waals surface area contributed by atoms with Gasteiger partial charge in [0.1, 0.15) is 11.4 Å². The van der Waals surface area contributed by atoms with Gasteiger partial charge in [-0.05, 0) is 48.9 Å². The molecule has 0 unspecified atom stereocenters. The van der Waals surface area contributed by atoms with E-state index in [0.717, 1.165) is 15.4 Å². The molecule has 0 amide bonds. The normalized spacial score (nSPS) is 11.0. The monoisotopic (exact) mass is 346 g/mol. The van der Waals surface area contributed by atoms with Crippen molar-refractivity contribution in [2.24, 2.45) is 0 Å². The highest BCUT2D eigenvalue weighted by atomic mass is 79.9. The Morgan fingerprint density at radius 1 is 1.19 bits per heavy atom. The van der Waals surface area contributed by atoms with Crippen molar-refractivity contribution in [1.82, 2.24) is 0 Å². The summed E-state index contributed by atoms with van der Waals surface area (Å²) < 4.78 is 20.0. The van der Waals surface area contributed by atoms with Gasteiger partial charge in [-0.25, -0.2) is 4.39 Å². The Morgan fingerprint density at radius 2 is 2.00 bits per heavy atom. The molecule has 21 heavy (non-hydrogen) atoms. The molecule has 0 radical (unpaired) electrons. The van der Waals surface area contributed by atoms with Gasteiger partial charge in [0, 0.05) is 16.3 Å². The first-order valence-corrected chi connectivity index (χ1v) is 7.29. The number of benzene rings is 2. The second-order valence-electron chi connectivity index (χ2n) is 4.99. The zero-order chi connectivity index (χ0) is 15.0. The minimum absolute atomic E-state index is 0.0237. The predicted octanol–water partition coefficient (Wildman–Crippen LogP) is 5.07. The summed E-state index contributed by atoms with van der Waals surface area (Å²) in [7, 11) is 0. The quantitative estimate of drug-likeness (QED) is 0.620. The Bertz CT molecular complexity index is 836. The molecule has 0 saturated heterocycles. The summed E-state index contributed by atoms with van der Waals surface area (Å²) in [5.41, 5.74) is 2.12. The molecule has 2 aromatic carbocycles. The number of Topliss-reactive ketones (excluding diaryl/α,β-unsaturated/α-hetero) is 1. The molecule has 0 saturated carbocycles. The van der Waals surface area contributed by atoms with Gasteiger partial charge >= 0.3 is 0 Å². The Kier molecular flexibility index (Phi) is 3.64. The third-order valence-corrected chi connectivity index (χ3v) is 3.80. The van der Waals surface area contributed by atoms with Crippen molar-refractivity contribution in [2.75, 3.05) is 0 Å². The lowest BCUT2D eigenvalue weighted by molar-refractivity contribution is 0.0967. The van der Waals surface area contributed by atoms with E-state index in [0.29, 0.717) is 11.1 Å². The van der Waals surface area contributed by atoms with Crippen LogP contribution in [0.4, 0.5) is 4.39 Å². The van der Waals surface area contributed by atoms with Crippen LogP contribution >= 0.6 is 15.9 Å². The summed E-state index contributed by atoms with van der Waals surface area (Å²) in [6.07, 6.45) is -0.0237. The third kappa shape index (κ3) is 2.90. The van der Waals surface area contributed by atoms with Gasteiger partial charge in [-0.1, -0.05) is 27.6 Å². The van der Waals surface area contributed by atoms with E-state index in [4.69, 9.17) is 4.42 Å². The molecule has 4 heteroatoms. The number of hydrogen-bond donors (Lipinski definition) is 0. The van der Waals surface area contributed by atoms with Crippen molar-refractivity contribution in [1.29, 1.82) is 0 Å². The molecular weight excluding hydrogens is 335 g/mol. The average Bonchev–Trinajstić information content (AvgIpc) is 2.86. The first kappa shape index (κ1) is 14.0. The van der Waals surface area contributed by atoms with E-state index in [1.165, 1.54) is 6.07 Å². The lowest BCUT2D eigenvalue weighted by Crippen LogP contribution is -2.04. The Balaban J connectivity index is 1.91. The van der Waals surface area contributed by atoms with Crippen molar-refractivity contribution in [2.45, 2.75) is 13.3 Å². The van der Waals surface area contributed by atoms with Crippen LogP contribution in [0.1, 0.15) is 21.7 Å². The largest absolute Gasteiger partial charge is 0.453 e.